The van der Waals surface area contributed by atoms with Gasteiger partial charge in [0, 0.05) is 36.6 Å². The monoisotopic (exact) mass is 264 g/mol. The van der Waals surface area contributed by atoms with E-state index in [1.54, 1.807) is 0 Å². The maximum absolute atomic E-state index is 4.64. The Kier molecular flexibility index (Phi) is 6.22. The lowest BCUT2D eigenvalue weighted by Crippen LogP contribution is -2.32. The van der Waals surface area contributed by atoms with Gasteiger partial charge in [-0.3, -0.25) is 0 Å². The molecule has 19 heavy (non-hydrogen) atoms. The van der Waals surface area contributed by atoms with Gasteiger partial charge in [-0.05, 0) is 40.2 Å². The third-order valence-electron chi connectivity index (χ3n) is 3.16. The van der Waals surface area contributed by atoms with E-state index in [0.29, 0.717) is 12.0 Å². The van der Waals surface area contributed by atoms with Crippen molar-refractivity contribution in [1.29, 1.82) is 0 Å². The molecule has 0 aliphatic carbocycles. The van der Waals surface area contributed by atoms with Gasteiger partial charge in [0.2, 0.25) is 5.95 Å². The van der Waals surface area contributed by atoms with E-state index in [1.807, 2.05) is 6.20 Å². The minimum Gasteiger partial charge on any atom is -0.339 e. The van der Waals surface area contributed by atoms with Crippen LogP contribution >= 0.6 is 0 Å². The number of hydrogen-bond donors (Lipinski definition) is 1. The third-order valence-corrected chi connectivity index (χ3v) is 3.16. The third kappa shape index (κ3) is 4.78. The van der Waals surface area contributed by atoms with Crippen LogP contribution in [0.2, 0.25) is 0 Å². The Morgan fingerprint density at radius 2 is 1.95 bits per heavy atom. The Hall–Kier alpha value is -1.16. The van der Waals surface area contributed by atoms with Crippen LogP contribution in [0.5, 0.6) is 0 Å². The lowest BCUT2D eigenvalue weighted by atomic mass is 10.2. The fraction of sp³-hybridized carbons (Fsp3) is 0.733. The Labute approximate surface area is 117 Å². The van der Waals surface area contributed by atoms with Gasteiger partial charge < -0.3 is 10.2 Å². The quantitative estimate of drug-likeness (QED) is 0.822. The second-order valence-corrected chi connectivity index (χ2v) is 5.69. The molecule has 1 heterocycles. The van der Waals surface area contributed by atoms with Gasteiger partial charge in [-0.15, -0.1) is 0 Å². The van der Waals surface area contributed by atoms with Crippen LogP contribution in [0.4, 0.5) is 5.95 Å². The first-order valence-electron chi connectivity index (χ1n) is 7.25. The van der Waals surface area contributed by atoms with E-state index in [2.05, 4.69) is 61.7 Å². The highest BCUT2D eigenvalue weighted by Crippen LogP contribution is 2.13. The Bertz CT molecular complexity index is 388. The molecule has 108 valence electrons. The van der Waals surface area contributed by atoms with Crippen molar-refractivity contribution in [1.82, 2.24) is 15.3 Å². The van der Waals surface area contributed by atoms with Crippen LogP contribution in [0.15, 0.2) is 6.20 Å². The summed E-state index contributed by atoms with van der Waals surface area (Å²) in [5.41, 5.74) is 2.25. The number of rotatable bonds is 7. The van der Waals surface area contributed by atoms with Crippen molar-refractivity contribution in [2.24, 2.45) is 5.92 Å². The minimum atomic E-state index is 0.425. The van der Waals surface area contributed by atoms with Crippen molar-refractivity contribution in [3.05, 3.63) is 17.5 Å². The molecule has 0 atom stereocenters. The van der Waals surface area contributed by atoms with E-state index in [4.69, 9.17) is 0 Å². The summed E-state index contributed by atoms with van der Waals surface area (Å²) in [6.45, 7) is 15.7. The van der Waals surface area contributed by atoms with E-state index < -0.39 is 0 Å². The molecule has 1 aromatic heterocycles. The number of hydrogen-bond acceptors (Lipinski definition) is 4. The highest BCUT2D eigenvalue weighted by atomic mass is 15.3. The zero-order chi connectivity index (χ0) is 14.4. The molecule has 0 aliphatic heterocycles. The van der Waals surface area contributed by atoms with Gasteiger partial charge in [0.25, 0.3) is 0 Å². The largest absolute Gasteiger partial charge is 0.339 e. The van der Waals surface area contributed by atoms with Crippen LogP contribution in [0.25, 0.3) is 0 Å². The second-order valence-electron chi connectivity index (χ2n) is 5.69. The van der Waals surface area contributed by atoms with Gasteiger partial charge in [-0.25, -0.2) is 9.97 Å². The molecule has 1 aromatic rings. The van der Waals surface area contributed by atoms with Gasteiger partial charge in [0.05, 0.1) is 0 Å². The molecule has 4 nitrogen and oxygen atoms in total. The van der Waals surface area contributed by atoms with Crippen molar-refractivity contribution in [3.8, 4) is 0 Å². The molecule has 0 spiro atoms. The lowest BCUT2D eigenvalue weighted by molar-refractivity contribution is 0.550. The molecule has 0 unspecified atom stereocenters. The minimum absolute atomic E-state index is 0.425. The molecular formula is C15H28N4. The summed E-state index contributed by atoms with van der Waals surface area (Å²) in [4.78, 5) is 11.3. The van der Waals surface area contributed by atoms with Crippen LogP contribution in [0.1, 0.15) is 45.9 Å². The first-order valence-corrected chi connectivity index (χ1v) is 7.25. The summed E-state index contributed by atoms with van der Waals surface area (Å²) in [5, 5.41) is 3.43. The van der Waals surface area contributed by atoms with Gasteiger partial charge >= 0.3 is 0 Å². The number of aromatic nitrogens is 2. The lowest BCUT2D eigenvalue weighted by Gasteiger charge is -2.25. The predicted octanol–water partition coefficient (Wildman–Crippen LogP) is 2.77. The summed E-state index contributed by atoms with van der Waals surface area (Å²) in [6.07, 6.45) is 1.95. The topological polar surface area (TPSA) is 41.1 Å². The molecule has 0 radical (unpaired) electrons. The number of anilines is 1. The molecule has 0 saturated heterocycles. The summed E-state index contributed by atoms with van der Waals surface area (Å²) in [6, 6.07) is 0.425. The van der Waals surface area contributed by atoms with Crippen LogP contribution in [-0.4, -0.2) is 29.1 Å². The van der Waals surface area contributed by atoms with E-state index in [1.165, 1.54) is 5.56 Å². The maximum atomic E-state index is 4.64. The predicted molar refractivity (Wildman–Crippen MR) is 81.5 cm³/mol. The van der Waals surface area contributed by atoms with Gasteiger partial charge in [0.1, 0.15) is 0 Å². The Morgan fingerprint density at radius 1 is 1.26 bits per heavy atom. The summed E-state index contributed by atoms with van der Waals surface area (Å²) >= 11 is 0. The number of nitrogens with zero attached hydrogens (tertiary/aromatic N) is 3. The normalized spacial score (nSPS) is 11.4. The highest BCUT2D eigenvalue weighted by Gasteiger charge is 2.12. The van der Waals surface area contributed by atoms with Crippen molar-refractivity contribution >= 4 is 5.95 Å². The molecule has 0 amide bonds. The zero-order valence-corrected chi connectivity index (χ0v) is 13.2. The molecule has 0 aliphatic rings. The molecule has 0 aromatic carbocycles. The Morgan fingerprint density at radius 3 is 2.42 bits per heavy atom. The zero-order valence-electron chi connectivity index (χ0n) is 13.2. The molecule has 4 heteroatoms. The summed E-state index contributed by atoms with van der Waals surface area (Å²) in [5.74, 6) is 1.50. The van der Waals surface area contributed by atoms with Crippen molar-refractivity contribution in [3.63, 3.8) is 0 Å². The first kappa shape index (κ1) is 15.9. The van der Waals surface area contributed by atoms with Gasteiger partial charge in [-0.2, -0.15) is 0 Å². The average Bonchev–Trinajstić information content (AvgIpc) is 2.32. The van der Waals surface area contributed by atoms with E-state index in [0.717, 1.165) is 31.3 Å². The van der Waals surface area contributed by atoms with Crippen LogP contribution in [0.3, 0.4) is 0 Å². The van der Waals surface area contributed by atoms with Crippen molar-refractivity contribution in [2.75, 3.05) is 18.0 Å². The first-order chi connectivity index (χ1) is 8.95. The van der Waals surface area contributed by atoms with E-state index >= 15 is 0 Å². The molecule has 0 saturated carbocycles. The molecule has 1 N–H and O–H groups in total. The van der Waals surface area contributed by atoms with Crippen molar-refractivity contribution < 1.29 is 0 Å². The second kappa shape index (κ2) is 7.43. The maximum Gasteiger partial charge on any atom is 0.225 e. The van der Waals surface area contributed by atoms with Crippen molar-refractivity contribution in [2.45, 2.75) is 54.1 Å². The smallest absolute Gasteiger partial charge is 0.225 e. The molecule has 0 bridgehead atoms. The van der Waals surface area contributed by atoms with Gasteiger partial charge in [-0.1, -0.05) is 13.8 Å². The summed E-state index contributed by atoms with van der Waals surface area (Å²) < 4.78 is 0. The van der Waals surface area contributed by atoms with E-state index in [9.17, 15) is 0 Å². The van der Waals surface area contributed by atoms with Crippen LogP contribution < -0.4 is 10.2 Å². The molecule has 1 rings (SSSR count). The molecular weight excluding hydrogens is 236 g/mol. The van der Waals surface area contributed by atoms with Crippen LogP contribution in [-0.2, 0) is 6.54 Å². The molecule has 0 fully saturated rings. The Balaban J connectivity index is 2.73. The summed E-state index contributed by atoms with van der Waals surface area (Å²) in [7, 11) is 0. The number of nitrogens with one attached hydrogen (secondary N) is 1. The highest BCUT2D eigenvalue weighted by molar-refractivity contribution is 5.33. The van der Waals surface area contributed by atoms with Crippen LogP contribution in [0, 0.1) is 12.8 Å². The standard InChI is InChI=1S/C15H28N4/c1-7-19(12(4)5)15-17-10-14(13(6)18-15)9-16-8-11(2)3/h10-12,16H,7-9H2,1-6H3. The SMILES string of the molecule is CCN(c1ncc(CNCC(C)C)c(C)n1)C(C)C. The number of aryl methyl sites for hydroxylation is 1. The van der Waals surface area contributed by atoms with E-state index in [-0.39, 0.29) is 0 Å². The fourth-order valence-corrected chi connectivity index (χ4v) is 2.02. The van der Waals surface area contributed by atoms with Gasteiger partial charge in [0.15, 0.2) is 0 Å². The average molecular weight is 264 g/mol. The fourth-order valence-electron chi connectivity index (χ4n) is 2.02.